The maximum atomic E-state index is 11.2. The number of likely N-dealkylation sites (tertiary alicyclic amines) is 1. The molecule has 1 saturated heterocycles. The Morgan fingerprint density at radius 1 is 1.50 bits per heavy atom. The van der Waals surface area contributed by atoms with Crippen molar-refractivity contribution in [3.8, 4) is 0 Å². The maximum Gasteiger partial charge on any atom is 0.339 e. The van der Waals surface area contributed by atoms with Crippen LogP contribution in [0.5, 0.6) is 0 Å². The lowest BCUT2D eigenvalue weighted by Crippen LogP contribution is -2.41. The van der Waals surface area contributed by atoms with E-state index in [0.29, 0.717) is 22.9 Å². The van der Waals surface area contributed by atoms with Gasteiger partial charge in [-0.3, -0.25) is 4.90 Å². The summed E-state index contributed by atoms with van der Waals surface area (Å²) in [5.74, 6) is -0.531. The summed E-state index contributed by atoms with van der Waals surface area (Å²) >= 11 is 3.25. The molecule has 1 aliphatic heterocycles. The number of halogens is 1. The van der Waals surface area contributed by atoms with Crippen molar-refractivity contribution >= 4 is 27.7 Å². The molecule has 0 spiro atoms. The number of nitrogens with one attached hydrogen (secondary N) is 1. The van der Waals surface area contributed by atoms with E-state index in [2.05, 4.69) is 38.1 Å². The minimum Gasteiger partial charge on any atom is -0.478 e. The number of anilines is 1. The van der Waals surface area contributed by atoms with E-state index in [0.717, 1.165) is 13.1 Å². The first kappa shape index (κ1) is 15.3. The number of carboxylic acids is 1. The zero-order chi connectivity index (χ0) is 14.5. The van der Waals surface area contributed by atoms with Gasteiger partial charge in [-0.05, 0) is 54.9 Å². The number of carboxylic acid groups (broad SMARTS) is 1. The molecule has 6 heteroatoms. The van der Waals surface area contributed by atoms with Gasteiger partial charge in [-0.2, -0.15) is 0 Å². The fourth-order valence-electron chi connectivity index (χ4n) is 2.48. The first-order valence-electron chi connectivity index (χ1n) is 6.94. The summed E-state index contributed by atoms with van der Waals surface area (Å²) < 4.78 is 0.671. The van der Waals surface area contributed by atoms with Crippen LogP contribution in [-0.2, 0) is 0 Å². The molecule has 0 amide bonds. The van der Waals surface area contributed by atoms with Crippen molar-refractivity contribution in [2.24, 2.45) is 0 Å². The third kappa shape index (κ3) is 3.93. The third-order valence-corrected chi connectivity index (χ3v) is 4.10. The van der Waals surface area contributed by atoms with Crippen molar-refractivity contribution < 1.29 is 9.90 Å². The average Bonchev–Trinajstić information content (AvgIpc) is 2.46. The van der Waals surface area contributed by atoms with Gasteiger partial charge in [0.25, 0.3) is 0 Å². The first-order valence-corrected chi connectivity index (χ1v) is 7.74. The van der Waals surface area contributed by atoms with Crippen LogP contribution < -0.4 is 5.32 Å². The van der Waals surface area contributed by atoms with Crippen LogP contribution >= 0.6 is 15.9 Å². The van der Waals surface area contributed by atoms with Crippen LogP contribution in [0, 0.1) is 0 Å². The van der Waals surface area contributed by atoms with Gasteiger partial charge in [0.05, 0.1) is 0 Å². The van der Waals surface area contributed by atoms with Crippen molar-refractivity contribution in [3.63, 3.8) is 0 Å². The zero-order valence-corrected chi connectivity index (χ0v) is 13.2. The molecule has 1 unspecified atom stereocenters. The van der Waals surface area contributed by atoms with Crippen molar-refractivity contribution in [2.75, 3.05) is 25.0 Å². The lowest BCUT2D eigenvalue weighted by Gasteiger charge is -2.32. The monoisotopic (exact) mass is 341 g/mol. The molecule has 1 atom stereocenters. The third-order valence-electron chi connectivity index (χ3n) is 3.66. The molecule has 0 bridgehead atoms. The lowest BCUT2D eigenvalue weighted by atomic mass is 10.1. The molecule has 2 heterocycles. The number of aromatic nitrogens is 1. The van der Waals surface area contributed by atoms with E-state index in [4.69, 9.17) is 0 Å². The topological polar surface area (TPSA) is 65.5 Å². The van der Waals surface area contributed by atoms with Gasteiger partial charge in [0.2, 0.25) is 0 Å². The number of nitrogens with zero attached hydrogens (tertiary/aromatic N) is 2. The van der Waals surface area contributed by atoms with Gasteiger partial charge < -0.3 is 10.4 Å². The number of rotatable bonds is 5. The summed E-state index contributed by atoms with van der Waals surface area (Å²) in [6, 6.07) is 1.95. The van der Waals surface area contributed by atoms with E-state index in [9.17, 15) is 9.90 Å². The Balaban J connectivity index is 1.97. The number of pyridine rings is 1. The molecule has 0 radical (unpaired) electrons. The molecule has 1 aromatic rings. The van der Waals surface area contributed by atoms with Gasteiger partial charge in [-0.25, -0.2) is 9.78 Å². The Labute approximate surface area is 127 Å². The Bertz CT molecular complexity index is 475. The molecule has 1 aromatic heterocycles. The smallest absolute Gasteiger partial charge is 0.339 e. The van der Waals surface area contributed by atoms with Crippen molar-refractivity contribution in [1.82, 2.24) is 9.88 Å². The molecule has 110 valence electrons. The predicted octanol–water partition coefficient (Wildman–Crippen LogP) is 2.83. The normalized spacial score (nSPS) is 17.7. The highest BCUT2D eigenvalue weighted by Crippen LogP contribution is 2.19. The van der Waals surface area contributed by atoms with Crippen LogP contribution in [-0.4, -0.2) is 46.6 Å². The second-order valence-electron chi connectivity index (χ2n) is 5.18. The summed E-state index contributed by atoms with van der Waals surface area (Å²) in [4.78, 5) is 17.8. The standard InChI is InChI=1S/C14H20BrN3O2/c1-10(18-5-3-2-4-6-18)8-16-13-12(14(19)20)7-11(15)9-17-13/h7,9-10H,2-6,8H2,1H3,(H,16,17)(H,19,20). The van der Waals surface area contributed by atoms with Gasteiger partial charge >= 0.3 is 5.97 Å². The number of hydrogen-bond donors (Lipinski definition) is 2. The Hall–Kier alpha value is -1.14. The Morgan fingerprint density at radius 3 is 2.85 bits per heavy atom. The fourth-order valence-corrected chi connectivity index (χ4v) is 2.81. The number of carbonyl (C=O) groups is 1. The van der Waals surface area contributed by atoms with Gasteiger partial charge in [0, 0.05) is 23.3 Å². The largest absolute Gasteiger partial charge is 0.478 e. The minimum absolute atomic E-state index is 0.199. The van der Waals surface area contributed by atoms with E-state index >= 15 is 0 Å². The van der Waals surface area contributed by atoms with E-state index < -0.39 is 5.97 Å². The van der Waals surface area contributed by atoms with E-state index in [1.54, 1.807) is 12.3 Å². The van der Waals surface area contributed by atoms with Crippen LogP contribution in [0.1, 0.15) is 36.5 Å². The first-order chi connectivity index (χ1) is 9.58. The highest BCUT2D eigenvalue weighted by atomic mass is 79.9. The molecule has 2 rings (SSSR count). The van der Waals surface area contributed by atoms with Crippen molar-refractivity contribution in [2.45, 2.75) is 32.2 Å². The highest BCUT2D eigenvalue weighted by Gasteiger charge is 2.18. The molecule has 0 aromatic carbocycles. The average molecular weight is 342 g/mol. The van der Waals surface area contributed by atoms with Gasteiger partial charge in [-0.15, -0.1) is 0 Å². The van der Waals surface area contributed by atoms with Crippen molar-refractivity contribution in [3.05, 3.63) is 22.3 Å². The van der Waals surface area contributed by atoms with E-state index in [1.165, 1.54) is 19.3 Å². The fraction of sp³-hybridized carbons (Fsp3) is 0.571. The van der Waals surface area contributed by atoms with Gasteiger partial charge in [0.1, 0.15) is 11.4 Å². The van der Waals surface area contributed by atoms with Gasteiger partial charge in [0.15, 0.2) is 0 Å². The molecule has 0 aliphatic carbocycles. The van der Waals surface area contributed by atoms with E-state index in [1.807, 2.05) is 0 Å². The van der Waals surface area contributed by atoms with Crippen LogP contribution in [0.15, 0.2) is 16.7 Å². The predicted molar refractivity (Wildman–Crippen MR) is 82.3 cm³/mol. The molecule has 1 aliphatic rings. The maximum absolute atomic E-state index is 11.2. The molecular formula is C14H20BrN3O2. The summed E-state index contributed by atoms with van der Waals surface area (Å²) in [5, 5.41) is 12.4. The quantitative estimate of drug-likeness (QED) is 0.861. The summed E-state index contributed by atoms with van der Waals surface area (Å²) in [6.07, 6.45) is 5.43. The number of hydrogen-bond acceptors (Lipinski definition) is 4. The molecule has 5 nitrogen and oxygen atoms in total. The van der Waals surface area contributed by atoms with Crippen LogP contribution in [0.4, 0.5) is 5.82 Å². The molecule has 2 N–H and O–H groups in total. The highest BCUT2D eigenvalue weighted by molar-refractivity contribution is 9.10. The molecular weight excluding hydrogens is 322 g/mol. The second-order valence-corrected chi connectivity index (χ2v) is 6.10. The summed E-state index contributed by atoms with van der Waals surface area (Å²) in [6.45, 7) is 5.12. The number of piperidine rings is 1. The van der Waals surface area contributed by atoms with Crippen molar-refractivity contribution in [1.29, 1.82) is 0 Å². The second kappa shape index (κ2) is 7.04. The van der Waals surface area contributed by atoms with Gasteiger partial charge in [-0.1, -0.05) is 6.42 Å². The Kier molecular flexibility index (Phi) is 5.37. The summed E-state index contributed by atoms with van der Waals surface area (Å²) in [5.41, 5.74) is 0.199. The van der Waals surface area contributed by atoms with E-state index in [-0.39, 0.29) is 5.56 Å². The molecule has 1 fully saturated rings. The molecule has 0 saturated carbocycles. The SMILES string of the molecule is CC(CNc1ncc(Br)cc1C(=O)O)N1CCCCC1. The number of aromatic carboxylic acids is 1. The summed E-state index contributed by atoms with van der Waals surface area (Å²) in [7, 11) is 0. The minimum atomic E-state index is -0.966. The lowest BCUT2D eigenvalue weighted by molar-refractivity contribution is 0.0697. The van der Waals surface area contributed by atoms with Crippen LogP contribution in [0.3, 0.4) is 0 Å². The molecule has 20 heavy (non-hydrogen) atoms. The van der Waals surface area contributed by atoms with Crippen LogP contribution in [0.2, 0.25) is 0 Å². The zero-order valence-electron chi connectivity index (χ0n) is 11.6. The van der Waals surface area contributed by atoms with Crippen LogP contribution in [0.25, 0.3) is 0 Å². The Morgan fingerprint density at radius 2 is 2.20 bits per heavy atom.